The van der Waals surface area contributed by atoms with Crippen LogP contribution in [0.1, 0.15) is 0 Å². The average molecular weight is 227 g/mol. The molecule has 0 fully saturated rings. The van der Waals surface area contributed by atoms with Gasteiger partial charge in [0.2, 0.25) is 18.0 Å². The first kappa shape index (κ1) is 7.35. The highest BCUT2D eigenvalue weighted by molar-refractivity contribution is 9.10. The van der Waals surface area contributed by atoms with Crippen molar-refractivity contribution >= 4 is 15.9 Å². The van der Waals surface area contributed by atoms with Gasteiger partial charge in [-0.1, -0.05) is 5.16 Å². The van der Waals surface area contributed by atoms with Crippen LogP contribution in [0.5, 0.6) is 0 Å². The first-order valence-corrected chi connectivity index (χ1v) is 3.90. The Labute approximate surface area is 76.0 Å². The molecule has 2 heterocycles. The van der Waals surface area contributed by atoms with Crippen LogP contribution < -0.4 is 0 Å². The van der Waals surface area contributed by atoms with Crippen molar-refractivity contribution in [3.63, 3.8) is 0 Å². The maximum atomic E-state index is 4.55. The van der Waals surface area contributed by atoms with Gasteiger partial charge in [0, 0.05) is 12.4 Å². The molecule has 0 saturated heterocycles. The molecule has 5 nitrogen and oxygen atoms in total. The van der Waals surface area contributed by atoms with Crippen molar-refractivity contribution in [2.45, 2.75) is 0 Å². The average Bonchev–Trinajstić information content (AvgIpc) is 2.58. The molecule has 0 N–H and O–H groups in total. The van der Waals surface area contributed by atoms with Crippen molar-refractivity contribution < 1.29 is 4.52 Å². The Morgan fingerprint density at radius 2 is 1.83 bits per heavy atom. The molecule has 0 aliphatic rings. The second-order valence-electron chi connectivity index (χ2n) is 1.98. The molecule has 0 bridgehead atoms. The van der Waals surface area contributed by atoms with Crippen LogP contribution in [0.25, 0.3) is 11.6 Å². The predicted molar refractivity (Wildman–Crippen MR) is 43.0 cm³/mol. The Hall–Kier alpha value is -1.30. The highest BCUT2D eigenvalue weighted by Gasteiger charge is 2.04. The normalized spacial score (nSPS) is 10.1. The largest absolute Gasteiger partial charge is 0.342 e. The zero-order chi connectivity index (χ0) is 8.39. The molecule has 6 heteroatoms. The summed E-state index contributed by atoms with van der Waals surface area (Å²) in [4.78, 5) is 11.8. The summed E-state index contributed by atoms with van der Waals surface area (Å²) in [7, 11) is 0. The monoisotopic (exact) mass is 226 g/mol. The van der Waals surface area contributed by atoms with E-state index in [1.165, 1.54) is 6.39 Å². The van der Waals surface area contributed by atoms with E-state index >= 15 is 0 Å². The van der Waals surface area contributed by atoms with Crippen molar-refractivity contribution in [3.8, 4) is 11.6 Å². The van der Waals surface area contributed by atoms with Crippen LogP contribution in [0.4, 0.5) is 0 Å². The lowest BCUT2D eigenvalue weighted by molar-refractivity contribution is 0.418. The molecule has 0 atom stereocenters. The minimum atomic E-state index is 0.391. The Balaban J connectivity index is 2.43. The first-order chi connectivity index (χ1) is 5.86. The summed E-state index contributed by atoms with van der Waals surface area (Å²) in [5.74, 6) is 0.842. The molecule has 0 amide bonds. The Morgan fingerprint density at radius 3 is 2.42 bits per heavy atom. The smallest absolute Gasteiger partial charge is 0.239 e. The molecular formula is C6H3BrN4O. The van der Waals surface area contributed by atoms with Crippen molar-refractivity contribution in [1.82, 2.24) is 20.1 Å². The van der Waals surface area contributed by atoms with Crippen molar-refractivity contribution in [3.05, 3.63) is 23.3 Å². The third-order valence-electron chi connectivity index (χ3n) is 1.18. The molecule has 2 rings (SSSR count). The third-order valence-corrected chi connectivity index (χ3v) is 1.59. The summed E-state index contributed by atoms with van der Waals surface area (Å²) in [5, 5.41) is 3.59. The number of hydrogen-bond donors (Lipinski definition) is 0. The quantitative estimate of drug-likeness (QED) is 0.734. The van der Waals surface area contributed by atoms with E-state index in [0.29, 0.717) is 11.6 Å². The maximum absolute atomic E-state index is 4.55. The highest BCUT2D eigenvalue weighted by atomic mass is 79.9. The molecule has 12 heavy (non-hydrogen) atoms. The Kier molecular flexibility index (Phi) is 1.83. The van der Waals surface area contributed by atoms with Crippen LogP contribution in [-0.2, 0) is 0 Å². The van der Waals surface area contributed by atoms with E-state index in [-0.39, 0.29) is 0 Å². The lowest BCUT2D eigenvalue weighted by atomic mass is 10.5. The molecule has 60 valence electrons. The molecular weight excluding hydrogens is 224 g/mol. The van der Waals surface area contributed by atoms with E-state index < -0.39 is 0 Å². The fourth-order valence-corrected chi connectivity index (χ4v) is 0.902. The molecule has 0 aliphatic carbocycles. The standard InChI is InChI=1S/C6H3BrN4O/c7-4-1-8-5(9-2-4)6-10-3-12-11-6/h1-3H. The summed E-state index contributed by atoms with van der Waals surface area (Å²) in [6, 6.07) is 0. The van der Waals surface area contributed by atoms with Crippen LogP contribution in [0.15, 0.2) is 27.8 Å². The van der Waals surface area contributed by atoms with E-state index in [2.05, 4.69) is 40.6 Å². The lowest BCUT2D eigenvalue weighted by Gasteiger charge is -1.90. The van der Waals surface area contributed by atoms with Gasteiger partial charge in [-0.05, 0) is 15.9 Å². The highest BCUT2D eigenvalue weighted by Crippen LogP contribution is 2.10. The van der Waals surface area contributed by atoms with E-state index in [0.717, 1.165) is 4.47 Å². The maximum Gasteiger partial charge on any atom is 0.239 e. The third kappa shape index (κ3) is 1.33. The minimum absolute atomic E-state index is 0.391. The van der Waals surface area contributed by atoms with Crippen molar-refractivity contribution in [2.75, 3.05) is 0 Å². The Bertz CT molecular complexity index is 358. The van der Waals surface area contributed by atoms with Crippen molar-refractivity contribution in [1.29, 1.82) is 0 Å². The second kappa shape index (κ2) is 2.98. The summed E-state index contributed by atoms with van der Waals surface area (Å²) >= 11 is 3.22. The van der Waals surface area contributed by atoms with Crippen LogP contribution in [0.3, 0.4) is 0 Å². The minimum Gasteiger partial charge on any atom is -0.342 e. The van der Waals surface area contributed by atoms with Gasteiger partial charge in [0.25, 0.3) is 0 Å². The summed E-state index contributed by atoms with van der Waals surface area (Å²) < 4.78 is 5.36. The number of halogens is 1. The number of hydrogen-bond acceptors (Lipinski definition) is 5. The molecule has 2 aromatic heterocycles. The van der Waals surface area contributed by atoms with E-state index in [9.17, 15) is 0 Å². The zero-order valence-electron chi connectivity index (χ0n) is 5.81. The van der Waals surface area contributed by atoms with Gasteiger partial charge in [0.1, 0.15) is 0 Å². The summed E-state index contributed by atoms with van der Waals surface area (Å²) in [6.07, 6.45) is 4.48. The topological polar surface area (TPSA) is 64.7 Å². The van der Waals surface area contributed by atoms with Gasteiger partial charge in [0.15, 0.2) is 0 Å². The van der Waals surface area contributed by atoms with Crippen LogP contribution >= 0.6 is 15.9 Å². The van der Waals surface area contributed by atoms with Gasteiger partial charge in [0.05, 0.1) is 4.47 Å². The second-order valence-corrected chi connectivity index (χ2v) is 2.90. The fraction of sp³-hybridized carbons (Fsp3) is 0. The molecule has 2 aromatic rings. The van der Waals surface area contributed by atoms with Crippen LogP contribution in [-0.4, -0.2) is 20.1 Å². The molecule has 0 radical (unpaired) electrons. The van der Waals surface area contributed by atoms with E-state index in [4.69, 9.17) is 0 Å². The van der Waals surface area contributed by atoms with Gasteiger partial charge in [-0.3, -0.25) is 0 Å². The van der Waals surface area contributed by atoms with Crippen LogP contribution in [0, 0.1) is 0 Å². The number of aromatic nitrogens is 4. The van der Waals surface area contributed by atoms with E-state index in [1.807, 2.05) is 0 Å². The number of nitrogens with zero attached hydrogens (tertiary/aromatic N) is 4. The van der Waals surface area contributed by atoms with Crippen LogP contribution in [0.2, 0.25) is 0 Å². The molecule has 0 aromatic carbocycles. The van der Waals surface area contributed by atoms with Gasteiger partial charge in [-0.25, -0.2) is 9.97 Å². The molecule has 0 spiro atoms. The first-order valence-electron chi connectivity index (χ1n) is 3.10. The molecule has 0 unspecified atom stereocenters. The summed E-state index contributed by atoms with van der Waals surface area (Å²) in [6.45, 7) is 0. The predicted octanol–water partition coefficient (Wildman–Crippen LogP) is 1.29. The van der Waals surface area contributed by atoms with Gasteiger partial charge < -0.3 is 4.52 Å². The lowest BCUT2D eigenvalue weighted by Crippen LogP contribution is -1.88. The fourth-order valence-electron chi connectivity index (χ4n) is 0.697. The number of rotatable bonds is 1. The van der Waals surface area contributed by atoms with Crippen molar-refractivity contribution in [2.24, 2.45) is 0 Å². The Morgan fingerprint density at radius 1 is 1.08 bits per heavy atom. The SMILES string of the molecule is Brc1cnc(-c2ncon2)nc1. The van der Waals surface area contributed by atoms with Gasteiger partial charge >= 0.3 is 0 Å². The molecule has 0 aliphatic heterocycles. The molecule has 0 saturated carbocycles. The zero-order valence-corrected chi connectivity index (χ0v) is 7.39. The van der Waals surface area contributed by atoms with Gasteiger partial charge in [-0.2, -0.15) is 4.98 Å². The van der Waals surface area contributed by atoms with E-state index in [1.54, 1.807) is 12.4 Å². The summed E-state index contributed by atoms with van der Waals surface area (Å²) in [5.41, 5.74) is 0. The van der Waals surface area contributed by atoms with Gasteiger partial charge in [-0.15, -0.1) is 0 Å².